The number of hydrogen-bond donors (Lipinski definition) is 8. The van der Waals surface area contributed by atoms with E-state index >= 15 is 0 Å². The van der Waals surface area contributed by atoms with Gasteiger partial charge in [-0.25, -0.2) is 13.6 Å². The zero-order chi connectivity index (χ0) is 87.8. The summed E-state index contributed by atoms with van der Waals surface area (Å²) in [7, 11) is 1.16. The van der Waals surface area contributed by atoms with E-state index in [0.717, 1.165) is 45.9 Å². The van der Waals surface area contributed by atoms with Gasteiger partial charge in [0.15, 0.2) is 17.2 Å². The van der Waals surface area contributed by atoms with Crippen LogP contribution in [-0.4, -0.2) is 102 Å². The number of phenolic OH excluding ortho intramolecular Hbond substituents is 3. The molecule has 10 aromatic carbocycles. The number of methoxy groups -OCH3 is 2. The summed E-state index contributed by atoms with van der Waals surface area (Å²) in [4.78, 5) is 48.4. The Hall–Kier alpha value is -12.5. The van der Waals surface area contributed by atoms with Crippen molar-refractivity contribution in [1.82, 2.24) is 41.1 Å². The number of carbonyl (C=O) groups is 3. The minimum atomic E-state index is -4.85. The Kier molecular flexibility index (Phi) is 36.0. The number of carbonyl (C=O) groups excluding carboxylic acids is 3. The molecule has 0 fully saturated rings. The number of benzene rings is 10. The first-order valence-electron chi connectivity index (χ1n) is 34.7. The van der Waals surface area contributed by atoms with E-state index in [-0.39, 0.29) is 139 Å². The van der Waals surface area contributed by atoms with Crippen LogP contribution < -0.4 is 45.5 Å². The topological polar surface area (TPSA) is 375 Å². The number of rotatable bonds is 23. The first-order valence-corrected chi connectivity index (χ1v) is 36.9. The van der Waals surface area contributed by atoms with Gasteiger partial charge in [-0.15, -0.1) is 0 Å². The van der Waals surface area contributed by atoms with Crippen LogP contribution in [0.15, 0.2) is 208 Å². The molecule has 0 saturated heterocycles. The van der Waals surface area contributed by atoms with E-state index in [2.05, 4.69) is 41.1 Å². The molecule has 0 radical (unpaired) electrons. The molecule has 0 atom stereocenters. The smallest absolute Gasteiger partial charge is 0.488 e. The van der Waals surface area contributed by atoms with E-state index in [9.17, 15) is 59.7 Å². The van der Waals surface area contributed by atoms with Crippen molar-refractivity contribution in [3.63, 3.8) is 0 Å². The van der Waals surface area contributed by atoms with E-state index in [1.165, 1.54) is 36.4 Å². The van der Waals surface area contributed by atoms with Gasteiger partial charge >= 0.3 is 54.9 Å². The second-order valence-electron chi connectivity index (χ2n) is 24.5. The van der Waals surface area contributed by atoms with Crippen molar-refractivity contribution in [2.75, 3.05) is 20.8 Å². The van der Waals surface area contributed by atoms with E-state index < -0.39 is 65.5 Å². The van der Waals surface area contributed by atoms with Gasteiger partial charge in [-0.3, -0.25) is 14.3 Å². The standard InChI is InChI=1S/C24H19Cl2N3O5.C23H13Cl2F4N3O4.C19H16Cl2N2O5.C7H5BF4O2.C7H9NO.CH4.FH/c1-32-18-8-4-15(5-9-18)13-33-21-19(25)10-16(11-20(21)26)22-28-24(34-29-22)23(31)27-12-14-2-6-17(30)7-3-14;24-16-7-12(8-17(25)19(16)33)20-31-22(36-32-20)21(34)30-10-11-1-3-13(4-2-11)35-14-5-6-18(26)15(9-14)23(27,28)29;1-3-26-19(24)18-22-17(23-28-18)12-8-14(20)16(15(21)9-12)27-10-11-4-6-13(25-2)7-5-11;9-6-2-1-4(8(13)14)3-5(6)7(10,11)12;8-5-6-1-3-7(9)4-2-6;;/h2-11,30H,12-13H2,1H3,(H,27,31);1-9,33H,10H2,(H,30,34);4-9H,3,10H2,1-2H3;1-3,13-14H;1-4,9H,5,8H2;1H4;1H. The summed E-state index contributed by atoms with van der Waals surface area (Å²) in [6.45, 7) is 3.24. The molecule has 13 aromatic rings. The summed E-state index contributed by atoms with van der Waals surface area (Å²) < 4.78 is 148. The fourth-order valence-electron chi connectivity index (χ4n) is 9.86. The Morgan fingerprint density at radius 3 is 1.19 bits per heavy atom. The Morgan fingerprint density at radius 2 is 0.805 bits per heavy atom. The lowest BCUT2D eigenvalue weighted by Crippen LogP contribution is -2.31. The number of alkyl halides is 6. The summed E-state index contributed by atoms with van der Waals surface area (Å²) >= 11 is 37.1. The van der Waals surface area contributed by atoms with Gasteiger partial charge in [0.05, 0.1) is 62.1 Å². The molecule has 2 amide bonds. The Bertz CT molecular complexity index is 5630. The van der Waals surface area contributed by atoms with Gasteiger partial charge in [0.25, 0.3) is 0 Å². The average Bonchev–Trinajstić information content (AvgIpc) is 1.59. The van der Waals surface area contributed by atoms with E-state index in [4.69, 9.17) is 132 Å². The maximum atomic E-state index is 13.4. The molecule has 9 N–H and O–H groups in total. The van der Waals surface area contributed by atoms with Gasteiger partial charge < -0.3 is 83.7 Å². The molecule has 0 aliphatic carbocycles. The molecule has 42 heteroatoms. The molecule has 0 saturated carbocycles. The van der Waals surface area contributed by atoms with Crippen LogP contribution >= 0.6 is 69.6 Å². The van der Waals surface area contributed by atoms with Crippen LogP contribution in [0.25, 0.3) is 34.2 Å². The van der Waals surface area contributed by atoms with E-state index in [0.29, 0.717) is 64.6 Å². The number of amides is 2. The minimum absolute atomic E-state index is 0. The number of esters is 1. The average molecular weight is 1830 g/mol. The number of phenols is 3. The molecule has 0 spiro atoms. The van der Waals surface area contributed by atoms with Crippen molar-refractivity contribution in [2.24, 2.45) is 5.73 Å². The minimum Gasteiger partial charge on any atom is -0.508 e. The van der Waals surface area contributed by atoms with Crippen molar-refractivity contribution < 1.29 is 122 Å². The quantitative estimate of drug-likeness (QED) is 0.0167. The van der Waals surface area contributed by atoms with Crippen LogP contribution in [-0.2, 0) is 49.9 Å². The SMILES string of the molecule is C.CCOC(=O)c1nc(-c2cc(Cl)c(OCc3ccc(OC)cc3)c(Cl)c2)no1.COc1ccc(COc2c(Cl)cc(-c3noc(C(=O)NCc4ccc(O)cc4)n3)cc2Cl)cc1.F.NCc1ccc(O)cc1.O=C(NCc1ccc(Oc2ccc(F)c(C(F)(F)F)c2)cc1)c1nc(-c2cc(Cl)c(O)c(Cl)c2)no1.OB(O)c1ccc(F)c(C(F)(F)F)c1. The maximum Gasteiger partial charge on any atom is 0.488 e. The zero-order valence-corrected chi connectivity index (χ0v) is 67.4. The van der Waals surface area contributed by atoms with Gasteiger partial charge in [-0.2, -0.15) is 41.3 Å². The van der Waals surface area contributed by atoms with Crippen molar-refractivity contribution in [3.05, 3.63) is 293 Å². The summed E-state index contributed by atoms with van der Waals surface area (Å²) in [6, 6.07) is 47.4. The van der Waals surface area contributed by atoms with E-state index in [1.54, 1.807) is 93.9 Å². The lowest BCUT2D eigenvalue weighted by molar-refractivity contribution is -0.140. The predicted molar refractivity (Wildman–Crippen MR) is 436 cm³/mol. The number of nitrogens with two attached hydrogens (primary N) is 1. The third kappa shape index (κ3) is 28.3. The molecule has 0 unspecified atom stereocenters. The Labute approximate surface area is 723 Å². The maximum absolute atomic E-state index is 13.4. The van der Waals surface area contributed by atoms with Gasteiger partial charge in [-0.05, 0) is 168 Å². The van der Waals surface area contributed by atoms with E-state index in [1.807, 2.05) is 48.5 Å². The van der Waals surface area contributed by atoms with Crippen LogP contribution in [0.2, 0.25) is 30.1 Å². The highest BCUT2D eigenvalue weighted by Crippen LogP contribution is 2.41. The first-order chi connectivity index (χ1) is 57.6. The highest BCUT2D eigenvalue weighted by atomic mass is 35.5. The summed E-state index contributed by atoms with van der Waals surface area (Å²) in [5, 5.41) is 62.5. The highest BCUT2D eigenvalue weighted by molar-refractivity contribution is 6.58. The molecule has 646 valence electrons. The molecular formula is C81H67BCl6F9N9O17. The highest BCUT2D eigenvalue weighted by Gasteiger charge is 2.36. The molecule has 0 bridgehead atoms. The molecule has 3 heterocycles. The number of hydrogen-bond acceptors (Lipinski definition) is 24. The largest absolute Gasteiger partial charge is 0.508 e. The van der Waals surface area contributed by atoms with Crippen LogP contribution in [0.5, 0.6) is 51.7 Å². The number of ether oxygens (including phenoxy) is 6. The molecule has 0 aliphatic rings. The molecule has 0 aliphatic heterocycles. The molecule has 13 rings (SSSR count). The van der Waals surface area contributed by atoms with Crippen molar-refractivity contribution in [2.45, 2.75) is 59.6 Å². The van der Waals surface area contributed by atoms with Crippen LogP contribution in [0.4, 0.5) is 39.8 Å². The van der Waals surface area contributed by atoms with Crippen LogP contribution in [0, 0.1) is 11.6 Å². The lowest BCUT2D eigenvalue weighted by Gasteiger charge is -2.11. The van der Waals surface area contributed by atoms with Gasteiger partial charge in [0.2, 0.25) is 17.5 Å². The summed E-state index contributed by atoms with van der Waals surface area (Å²) in [6.07, 6.45) is -9.69. The third-order valence-electron chi connectivity index (χ3n) is 16.0. The Balaban J connectivity index is 0.000000224. The van der Waals surface area contributed by atoms with Gasteiger partial charge in [0.1, 0.15) is 59.3 Å². The van der Waals surface area contributed by atoms with Crippen LogP contribution in [0.3, 0.4) is 0 Å². The molecule has 123 heavy (non-hydrogen) atoms. The number of nitrogens with one attached hydrogen (secondary N) is 2. The third-order valence-corrected chi connectivity index (χ3v) is 17.7. The second kappa shape index (κ2) is 45.4. The van der Waals surface area contributed by atoms with Crippen molar-refractivity contribution >= 4 is 100.0 Å². The number of halogens is 15. The summed E-state index contributed by atoms with van der Waals surface area (Å²) in [5.74, 6) is -2.89. The number of nitrogens with zero attached hydrogens (tertiary/aromatic N) is 6. The zero-order valence-electron chi connectivity index (χ0n) is 62.9. The molecule has 26 nitrogen and oxygen atoms in total. The monoisotopic (exact) mass is 1830 g/mol. The molecular weight excluding hydrogens is 1770 g/mol. The first kappa shape index (κ1) is 97.6. The normalized spacial score (nSPS) is 10.7. The second-order valence-corrected chi connectivity index (χ2v) is 26.9. The number of aromatic nitrogens is 6. The summed E-state index contributed by atoms with van der Waals surface area (Å²) in [5.41, 5.74) is 7.54. The number of aromatic hydroxyl groups is 3. The van der Waals surface area contributed by atoms with Crippen molar-refractivity contribution in [3.8, 4) is 85.9 Å². The fourth-order valence-corrected chi connectivity index (χ4v) is 11.5. The van der Waals surface area contributed by atoms with Gasteiger partial charge in [-0.1, -0.05) is 159 Å². The van der Waals surface area contributed by atoms with Crippen LogP contribution in [0.1, 0.15) is 85.4 Å². The van der Waals surface area contributed by atoms with Gasteiger partial charge in [0, 0.05) is 36.3 Å². The fraction of sp³-hybridized carbons (Fsp3) is 0.148. The molecule has 3 aromatic heterocycles. The lowest BCUT2D eigenvalue weighted by atomic mass is 9.79. The van der Waals surface area contributed by atoms with Crippen molar-refractivity contribution in [1.29, 1.82) is 0 Å². The Morgan fingerprint density at radius 1 is 0.463 bits per heavy atom. The predicted octanol–water partition coefficient (Wildman–Crippen LogP) is 18.9.